The van der Waals surface area contributed by atoms with Crippen LogP contribution in [0.25, 0.3) is 44.3 Å². The van der Waals surface area contributed by atoms with Crippen LogP contribution in [0.2, 0.25) is 0 Å². The van der Waals surface area contributed by atoms with Gasteiger partial charge in [-0.05, 0) is 97.6 Å². The zero-order valence-corrected chi connectivity index (χ0v) is 23.9. The largest absolute Gasteiger partial charge is 0.455 e. The minimum atomic E-state index is -0.658. The molecule has 1 fully saturated rings. The van der Waals surface area contributed by atoms with Gasteiger partial charge in [-0.2, -0.15) is 0 Å². The van der Waals surface area contributed by atoms with Crippen molar-refractivity contribution in [2.45, 2.75) is 25.8 Å². The Bertz CT molecular complexity index is 2100. The summed E-state index contributed by atoms with van der Waals surface area (Å²) < 4.78 is 36.1. The highest BCUT2D eigenvalue weighted by molar-refractivity contribution is 6.12. The average Bonchev–Trinajstić information content (AvgIpc) is 3.80. The third-order valence-corrected chi connectivity index (χ3v) is 7.98. The number of hydrogen-bond acceptors (Lipinski definition) is 5. The molecule has 44 heavy (non-hydrogen) atoms. The summed E-state index contributed by atoms with van der Waals surface area (Å²) in [4.78, 5) is 37.6. The summed E-state index contributed by atoms with van der Waals surface area (Å²) in [5.41, 5.74) is 3.22. The number of amides is 2. The number of carbonyl (C=O) groups excluding carboxylic acids is 2. The van der Waals surface area contributed by atoms with Gasteiger partial charge in [-0.25, -0.2) is 13.8 Å². The van der Waals surface area contributed by atoms with Gasteiger partial charge in [0, 0.05) is 47.6 Å². The van der Waals surface area contributed by atoms with Crippen molar-refractivity contribution in [3.05, 3.63) is 114 Å². The molecule has 1 aliphatic rings. The summed E-state index contributed by atoms with van der Waals surface area (Å²) in [6.45, 7) is 1.84. The number of furan rings is 1. The third kappa shape index (κ3) is 4.66. The Morgan fingerprint density at radius 1 is 0.955 bits per heavy atom. The van der Waals surface area contributed by atoms with E-state index in [0.29, 0.717) is 22.5 Å². The average molecular weight is 589 g/mol. The summed E-state index contributed by atoms with van der Waals surface area (Å²) in [6.07, 6.45) is 5.12. The Kier molecular flexibility index (Phi) is 6.65. The van der Waals surface area contributed by atoms with Crippen molar-refractivity contribution >= 4 is 39.5 Å². The molecule has 7 nitrogen and oxygen atoms in total. The molecule has 0 unspecified atom stereocenters. The predicted octanol–water partition coefficient (Wildman–Crippen LogP) is 7.47. The van der Waals surface area contributed by atoms with Crippen molar-refractivity contribution in [2.24, 2.45) is 0 Å². The summed E-state index contributed by atoms with van der Waals surface area (Å²) in [5.74, 6) is -1.20. The van der Waals surface area contributed by atoms with Crippen LogP contribution in [0.5, 0.6) is 0 Å². The number of anilines is 1. The molecule has 0 saturated heterocycles. The Morgan fingerprint density at radius 2 is 1.75 bits per heavy atom. The second kappa shape index (κ2) is 10.7. The maximum absolute atomic E-state index is 16.5. The number of pyridine rings is 2. The molecule has 0 bridgehead atoms. The van der Waals surface area contributed by atoms with Gasteiger partial charge in [-0.3, -0.25) is 19.5 Å². The maximum Gasteiger partial charge on any atom is 0.259 e. The van der Waals surface area contributed by atoms with E-state index in [9.17, 15) is 14.0 Å². The van der Waals surface area contributed by atoms with Crippen LogP contribution in [0.15, 0.2) is 89.6 Å². The fourth-order valence-corrected chi connectivity index (χ4v) is 5.57. The van der Waals surface area contributed by atoms with Gasteiger partial charge in [0.25, 0.3) is 11.8 Å². The van der Waals surface area contributed by atoms with Gasteiger partial charge in [0.05, 0.1) is 16.5 Å². The van der Waals surface area contributed by atoms with Gasteiger partial charge >= 0.3 is 0 Å². The molecule has 9 heteroatoms. The lowest BCUT2D eigenvalue weighted by Gasteiger charge is -2.22. The smallest absolute Gasteiger partial charge is 0.259 e. The Labute approximate surface area is 251 Å². The van der Waals surface area contributed by atoms with Crippen LogP contribution >= 0.6 is 0 Å². The van der Waals surface area contributed by atoms with Gasteiger partial charge in [0.15, 0.2) is 0 Å². The van der Waals surface area contributed by atoms with E-state index in [-0.39, 0.29) is 39.8 Å². The fourth-order valence-electron chi connectivity index (χ4n) is 5.57. The quantitative estimate of drug-likeness (QED) is 0.218. The van der Waals surface area contributed by atoms with E-state index in [4.69, 9.17) is 9.40 Å². The lowest BCUT2D eigenvalue weighted by Crippen LogP contribution is -2.33. The molecule has 3 aromatic heterocycles. The van der Waals surface area contributed by atoms with Crippen LogP contribution in [0.3, 0.4) is 0 Å². The topological polar surface area (TPSA) is 88.3 Å². The number of benzene rings is 3. The van der Waals surface area contributed by atoms with E-state index in [0.717, 1.165) is 29.3 Å². The van der Waals surface area contributed by atoms with Crippen molar-refractivity contribution in [1.29, 1.82) is 0 Å². The molecule has 3 aromatic carbocycles. The minimum absolute atomic E-state index is 0.00626. The van der Waals surface area contributed by atoms with Gasteiger partial charge in [-0.1, -0.05) is 6.07 Å². The standard InChI is InChI=1S/C35H26F2N4O3/c1-19-3-4-21(35(43)41(24-10-11-24)29-14-7-22-18-39-16-15-27(22)40-29)17-26(19)25-12-13-28-30(32(25)37)31(34(42)38-2)33(44-28)20-5-8-23(36)9-6-20/h3-9,12-18,24H,10-11H2,1-2H3,(H,38,42). The minimum Gasteiger partial charge on any atom is -0.455 e. The van der Waals surface area contributed by atoms with Crippen molar-refractivity contribution in [3.63, 3.8) is 0 Å². The predicted molar refractivity (Wildman–Crippen MR) is 164 cm³/mol. The van der Waals surface area contributed by atoms with Crippen LogP contribution in [0.1, 0.15) is 39.1 Å². The highest BCUT2D eigenvalue weighted by atomic mass is 19.1. The summed E-state index contributed by atoms with van der Waals surface area (Å²) in [5, 5.41) is 3.44. The first-order valence-corrected chi connectivity index (χ1v) is 14.2. The zero-order valence-electron chi connectivity index (χ0n) is 23.9. The number of nitrogens with zero attached hydrogens (tertiary/aromatic N) is 3. The molecular weight excluding hydrogens is 562 g/mol. The van der Waals surface area contributed by atoms with Crippen LogP contribution in [-0.4, -0.2) is 34.9 Å². The number of aryl methyl sites for hydroxylation is 1. The number of halogens is 2. The van der Waals surface area contributed by atoms with Crippen LogP contribution in [-0.2, 0) is 0 Å². The molecule has 1 saturated carbocycles. The number of fused-ring (bicyclic) bond motifs is 2. The molecule has 0 radical (unpaired) electrons. The van der Waals surface area contributed by atoms with E-state index in [1.807, 2.05) is 25.1 Å². The van der Waals surface area contributed by atoms with Gasteiger partial charge in [-0.15, -0.1) is 0 Å². The Hall–Kier alpha value is -5.44. The zero-order chi connectivity index (χ0) is 30.5. The first-order chi connectivity index (χ1) is 21.3. The normalized spacial score (nSPS) is 12.9. The van der Waals surface area contributed by atoms with E-state index in [1.165, 1.54) is 31.3 Å². The third-order valence-electron chi connectivity index (χ3n) is 7.98. The number of carbonyl (C=O) groups is 2. The maximum atomic E-state index is 16.5. The molecule has 6 aromatic rings. The molecule has 1 N–H and O–H groups in total. The fraction of sp³-hybridized carbons (Fsp3) is 0.143. The number of aromatic nitrogens is 2. The highest BCUT2D eigenvalue weighted by Gasteiger charge is 2.35. The van der Waals surface area contributed by atoms with Gasteiger partial charge in [0.2, 0.25) is 0 Å². The van der Waals surface area contributed by atoms with Crippen molar-refractivity contribution in [3.8, 4) is 22.5 Å². The van der Waals surface area contributed by atoms with Gasteiger partial charge < -0.3 is 9.73 Å². The number of hydrogen-bond donors (Lipinski definition) is 1. The van der Waals surface area contributed by atoms with Crippen molar-refractivity contribution in [1.82, 2.24) is 15.3 Å². The van der Waals surface area contributed by atoms with E-state index >= 15 is 4.39 Å². The SMILES string of the molecule is CNC(=O)c1c(-c2ccc(F)cc2)oc2ccc(-c3cc(C(=O)N(c4ccc5cnccc5n4)C4CC4)ccc3C)c(F)c12. The summed E-state index contributed by atoms with van der Waals surface area (Å²) in [7, 11) is 1.45. The lowest BCUT2D eigenvalue weighted by atomic mass is 9.94. The highest BCUT2D eigenvalue weighted by Crippen LogP contribution is 2.40. The van der Waals surface area contributed by atoms with E-state index < -0.39 is 17.5 Å². The molecule has 218 valence electrons. The van der Waals surface area contributed by atoms with Crippen LogP contribution < -0.4 is 10.2 Å². The molecule has 0 aliphatic heterocycles. The van der Waals surface area contributed by atoms with E-state index in [2.05, 4.69) is 10.3 Å². The first-order valence-electron chi connectivity index (χ1n) is 14.2. The lowest BCUT2D eigenvalue weighted by molar-refractivity contribution is 0.0961. The molecule has 3 heterocycles. The second-order valence-corrected chi connectivity index (χ2v) is 10.9. The second-order valence-electron chi connectivity index (χ2n) is 10.9. The van der Waals surface area contributed by atoms with Crippen molar-refractivity contribution < 1.29 is 22.8 Å². The van der Waals surface area contributed by atoms with Gasteiger partial charge in [0.1, 0.15) is 28.8 Å². The molecule has 0 atom stereocenters. The molecule has 2 amide bonds. The Balaban J connectivity index is 1.33. The molecule has 0 spiro atoms. The van der Waals surface area contributed by atoms with E-state index in [1.54, 1.807) is 47.6 Å². The molecule has 1 aliphatic carbocycles. The summed E-state index contributed by atoms with van der Waals surface area (Å²) >= 11 is 0. The number of nitrogens with one attached hydrogen (secondary N) is 1. The molecule has 7 rings (SSSR count). The van der Waals surface area contributed by atoms with Crippen LogP contribution in [0, 0.1) is 18.6 Å². The monoisotopic (exact) mass is 588 g/mol. The van der Waals surface area contributed by atoms with Crippen LogP contribution in [0.4, 0.5) is 14.6 Å². The first kappa shape index (κ1) is 27.4. The molecular formula is C35H26F2N4O3. The number of rotatable bonds is 6. The van der Waals surface area contributed by atoms with Crippen molar-refractivity contribution in [2.75, 3.05) is 11.9 Å². The summed E-state index contributed by atoms with van der Waals surface area (Å²) in [6, 6.07) is 19.4. The Morgan fingerprint density at radius 3 is 2.50 bits per heavy atom.